The number of rotatable bonds is 19. The van der Waals surface area contributed by atoms with E-state index in [1.54, 1.807) is 0 Å². The molecule has 0 aromatic rings. The Morgan fingerprint density at radius 1 is 0.815 bits per heavy atom. The summed E-state index contributed by atoms with van der Waals surface area (Å²) in [7, 11) is 0. The lowest BCUT2D eigenvalue weighted by Gasteiger charge is -2.17. The maximum atomic E-state index is 12.0. The van der Waals surface area contributed by atoms with Crippen LogP contribution in [0.3, 0.4) is 0 Å². The molecule has 9 heteroatoms. The van der Waals surface area contributed by atoms with Gasteiger partial charge in [-0.1, -0.05) is 13.8 Å². The Kier molecular flexibility index (Phi) is 17.3. The molecule has 0 spiro atoms. The first-order valence-corrected chi connectivity index (χ1v) is 10.1. The summed E-state index contributed by atoms with van der Waals surface area (Å²) in [6.07, 6.45) is 1.17. The van der Waals surface area contributed by atoms with Gasteiger partial charge < -0.3 is 38.1 Å². The molecule has 27 heavy (non-hydrogen) atoms. The third-order valence-electron chi connectivity index (χ3n) is 4.34. The van der Waals surface area contributed by atoms with E-state index < -0.39 is 0 Å². The lowest BCUT2D eigenvalue weighted by Crippen LogP contribution is -2.39. The quantitative estimate of drug-likeness (QED) is 0.126. The second kappa shape index (κ2) is 18.1. The van der Waals surface area contributed by atoms with Crippen molar-refractivity contribution in [3.05, 3.63) is 0 Å². The van der Waals surface area contributed by atoms with Crippen LogP contribution in [0.25, 0.3) is 0 Å². The summed E-state index contributed by atoms with van der Waals surface area (Å²) in [4.78, 5) is 23.3. The van der Waals surface area contributed by atoms with E-state index in [-0.39, 0.29) is 23.7 Å². The van der Waals surface area contributed by atoms with Crippen LogP contribution in [-0.2, 0) is 9.59 Å². The third kappa shape index (κ3) is 15.5. The zero-order valence-corrected chi connectivity index (χ0v) is 17.1. The highest BCUT2D eigenvalue weighted by Crippen LogP contribution is 2.15. The number of amides is 2. The van der Waals surface area contributed by atoms with Crippen molar-refractivity contribution >= 4 is 11.8 Å². The largest absolute Gasteiger partial charge is 0.369 e. The molecule has 9 nitrogen and oxygen atoms in total. The topological polar surface area (TPSA) is 146 Å². The van der Waals surface area contributed by atoms with Gasteiger partial charge in [-0.15, -0.1) is 0 Å². The van der Waals surface area contributed by atoms with Crippen molar-refractivity contribution in [2.75, 3.05) is 65.4 Å². The number of carbonyl (C=O) groups excluding carboxylic acids is 2. The average molecular weight is 388 g/mol. The zero-order chi connectivity index (χ0) is 20.3. The van der Waals surface area contributed by atoms with Gasteiger partial charge in [0.2, 0.25) is 11.8 Å². The number of nitrogens with two attached hydrogens (primary N) is 2. The van der Waals surface area contributed by atoms with Crippen molar-refractivity contribution in [2.45, 2.75) is 26.7 Å². The maximum Gasteiger partial charge on any atom is 0.222 e. The molecule has 0 aliphatic heterocycles. The van der Waals surface area contributed by atoms with Crippen LogP contribution in [-0.4, -0.2) is 77.3 Å². The van der Waals surface area contributed by atoms with E-state index in [1.165, 1.54) is 0 Å². The van der Waals surface area contributed by atoms with E-state index in [0.29, 0.717) is 25.9 Å². The summed E-state index contributed by atoms with van der Waals surface area (Å²) in [6, 6.07) is 0. The fourth-order valence-corrected chi connectivity index (χ4v) is 2.60. The minimum absolute atomic E-state index is 0.0262. The van der Waals surface area contributed by atoms with Crippen molar-refractivity contribution in [2.24, 2.45) is 23.3 Å². The SMILES string of the molecule is CCC(CC(C)C(=O)NCCNCCNCCNCCNCCN)C(N)=O. The molecular weight excluding hydrogens is 346 g/mol. The molecule has 2 unspecified atom stereocenters. The Balaban J connectivity index is 3.43. The molecule has 2 atom stereocenters. The van der Waals surface area contributed by atoms with Crippen molar-refractivity contribution in [1.82, 2.24) is 26.6 Å². The van der Waals surface area contributed by atoms with Crippen LogP contribution < -0.4 is 38.1 Å². The number of nitrogens with one attached hydrogen (secondary N) is 5. The predicted octanol–water partition coefficient (Wildman–Crippen LogP) is -2.04. The van der Waals surface area contributed by atoms with Gasteiger partial charge in [-0.2, -0.15) is 0 Å². The molecule has 0 saturated carbocycles. The molecule has 0 aromatic carbocycles. The van der Waals surface area contributed by atoms with Gasteiger partial charge in [-0.25, -0.2) is 0 Å². The standard InChI is InChI=1S/C18H41N7O2/c1-3-16(17(20)26)14-15(2)18(27)25-13-12-24-11-10-23-9-8-22-7-6-21-5-4-19/h15-16,21-24H,3-14,19H2,1-2H3,(H2,20,26)(H,25,27). The van der Waals surface area contributed by atoms with Crippen LogP contribution >= 0.6 is 0 Å². The Morgan fingerprint density at radius 3 is 1.67 bits per heavy atom. The van der Waals surface area contributed by atoms with Crippen molar-refractivity contribution in [3.8, 4) is 0 Å². The van der Waals surface area contributed by atoms with Gasteiger partial charge in [-0.3, -0.25) is 9.59 Å². The summed E-state index contributed by atoms with van der Waals surface area (Å²) in [5.41, 5.74) is 10.7. The van der Waals surface area contributed by atoms with Gasteiger partial charge in [0.05, 0.1) is 0 Å². The van der Waals surface area contributed by atoms with E-state index >= 15 is 0 Å². The summed E-state index contributed by atoms with van der Waals surface area (Å²) < 4.78 is 0. The van der Waals surface area contributed by atoms with Crippen LogP contribution in [0.4, 0.5) is 0 Å². The van der Waals surface area contributed by atoms with E-state index in [9.17, 15) is 9.59 Å². The van der Waals surface area contributed by atoms with Gasteiger partial charge in [-0.05, 0) is 12.8 Å². The molecule has 0 heterocycles. The smallest absolute Gasteiger partial charge is 0.222 e. The van der Waals surface area contributed by atoms with Crippen LogP contribution in [0.5, 0.6) is 0 Å². The maximum absolute atomic E-state index is 12.0. The first-order chi connectivity index (χ1) is 13.0. The molecule has 2 amide bonds. The highest BCUT2D eigenvalue weighted by Gasteiger charge is 2.21. The van der Waals surface area contributed by atoms with Crippen molar-refractivity contribution in [1.29, 1.82) is 0 Å². The Hall–Kier alpha value is -1.26. The van der Waals surface area contributed by atoms with Crippen molar-refractivity contribution < 1.29 is 9.59 Å². The van der Waals surface area contributed by atoms with Gasteiger partial charge in [0.25, 0.3) is 0 Å². The van der Waals surface area contributed by atoms with E-state index in [0.717, 1.165) is 52.4 Å². The molecule has 0 rings (SSSR count). The first kappa shape index (κ1) is 25.7. The number of hydrogen-bond donors (Lipinski definition) is 7. The molecule has 9 N–H and O–H groups in total. The minimum Gasteiger partial charge on any atom is -0.369 e. The van der Waals surface area contributed by atoms with Gasteiger partial charge in [0, 0.05) is 77.3 Å². The summed E-state index contributed by atoms with van der Waals surface area (Å²) in [5, 5.41) is 16.1. The monoisotopic (exact) mass is 387 g/mol. The number of carbonyl (C=O) groups is 2. The fourth-order valence-electron chi connectivity index (χ4n) is 2.60. The molecule has 0 bridgehead atoms. The summed E-state index contributed by atoms with van der Waals surface area (Å²) in [6.45, 7) is 12.0. The highest BCUT2D eigenvalue weighted by molar-refractivity contribution is 5.80. The Labute approximate surface area is 164 Å². The van der Waals surface area contributed by atoms with Gasteiger partial charge in [0.15, 0.2) is 0 Å². The minimum atomic E-state index is -0.329. The summed E-state index contributed by atoms with van der Waals surface area (Å²) >= 11 is 0. The second-order valence-electron chi connectivity index (χ2n) is 6.72. The average Bonchev–Trinajstić information content (AvgIpc) is 2.65. The predicted molar refractivity (Wildman–Crippen MR) is 110 cm³/mol. The molecule has 160 valence electrons. The number of hydrogen-bond acceptors (Lipinski definition) is 7. The lowest BCUT2D eigenvalue weighted by atomic mass is 9.92. The fraction of sp³-hybridized carbons (Fsp3) is 0.889. The highest BCUT2D eigenvalue weighted by atomic mass is 16.2. The molecule has 0 aromatic heterocycles. The number of primary amides is 1. The molecule has 0 aliphatic carbocycles. The first-order valence-electron chi connectivity index (χ1n) is 10.1. The van der Waals surface area contributed by atoms with E-state index in [1.807, 2.05) is 13.8 Å². The van der Waals surface area contributed by atoms with Crippen LogP contribution in [0.2, 0.25) is 0 Å². The summed E-state index contributed by atoms with van der Waals surface area (Å²) in [5.74, 6) is -0.791. The Bertz CT molecular complexity index is 383. The molecule has 0 saturated heterocycles. The van der Waals surface area contributed by atoms with Crippen LogP contribution in [0.1, 0.15) is 26.7 Å². The third-order valence-corrected chi connectivity index (χ3v) is 4.34. The molecule has 0 radical (unpaired) electrons. The molecule has 0 fully saturated rings. The van der Waals surface area contributed by atoms with Crippen LogP contribution in [0, 0.1) is 11.8 Å². The van der Waals surface area contributed by atoms with E-state index in [2.05, 4.69) is 26.6 Å². The Morgan fingerprint density at radius 2 is 1.26 bits per heavy atom. The second-order valence-corrected chi connectivity index (χ2v) is 6.72. The zero-order valence-electron chi connectivity index (χ0n) is 17.1. The molecule has 0 aliphatic rings. The van der Waals surface area contributed by atoms with Crippen LogP contribution in [0.15, 0.2) is 0 Å². The van der Waals surface area contributed by atoms with Crippen molar-refractivity contribution in [3.63, 3.8) is 0 Å². The molecular formula is C18H41N7O2. The normalized spacial score (nSPS) is 13.3. The van der Waals surface area contributed by atoms with Gasteiger partial charge in [0.1, 0.15) is 0 Å². The van der Waals surface area contributed by atoms with Gasteiger partial charge >= 0.3 is 0 Å². The van der Waals surface area contributed by atoms with E-state index in [4.69, 9.17) is 11.5 Å². The lowest BCUT2D eigenvalue weighted by molar-refractivity contribution is -0.126.